The summed E-state index contributed by atoms with van der Waals surface area (Å²) in [7, 11) is 2.57. The molecule has 0 N–H and O–H groups in total. The summed E-state index contributed by atoms with van der Waals surface area (Å²) in [4.78, 5) is 21.5. The standard InChI is InChI=1S/C22H26N5O2P/c1-14-12-27-19(15(2)23-14)10-18(24-27)20-11-21(28)26-13-17(4-5-22(26)30-20)29-16-6-8-25(3)9-7-16/h4-5,10-13,16,22,30H,6-9H2,1-3H3. The predicted molar refractivity (Wildman–Crippen MR) is 118 cm³/mol. The number of hydrogen-bond donors (Lipinski definition) is 0. The molecule has 3 aliphatic rings. The Kier molecular flexibility index (Phi) is 4.95. The van der Waals surface area contributed by atoms with Gasteiger partial charge in [0.05, 0.1) is 40.8 Å². The summed E-state index contributed by atoms with van der Waals surface area (Å²) in [6.07, 6.45) is 11.9. The number of ether oxygens (including phenoxy) is 1. The average Bonchev–Trinajstić information content (AvgIpc) is 3.14. The van der Waals surface area contributed by atoms with Gasteiger partial charge >= 0.3 is 0 Å². The molecular weight excluding hydrogens is 397 g/mol. The molecule has 0 radical (unpaired) electrons. The zero-order valence-electron chi connectivity index (χ0n) is 17.5. The molecule has 0 aromatic carbocycles. The van der Waals surface area contributed by atoms with Gasteiger partial charge in [-0.25, -0.2) is 4.52 Å². The summed E-state index contributed by atoms with van der Waals surface area (Å²) in [5.74, 6) is 0.777. The lowest BCUT2D eigenvalue weighted by Crippen LogP contribution is -2.37. The van der Waals surface area contributed by atoms with Crippen LogP contribution in [0.15, 0.2) is 42.5 Å². The van der Waals surface area contributed by atoms with Gasteiger partial charge in [0.1, 0.15) is 11.9 Å². The van der Waals surface area contributed by atoms with Crippen LogP contribution in [0, 0.1) is 13.8 Å². The number of fused-ring (bicyclic) bond motifs is 2. The van der Waals surface area contributed by atoms with Crippen molar-refractivity contribution in [1.29, 1.82) is 0 Å². The summed E-state index contributed by atoms with van der Waals surface area (Å²) >= 11 is 0. The summed E-state index contributed by atoms with van der Waals surface area (Å²) in [6, 6.07) is 2.03. The molecule has 3 aliphatic heterocycles. The Morgan fingerprint density at radius 2 is 2.03 bits per heavy atom. The van der Waals surface area contributed by atoms with Gasteiger partial charge in [0, 0.05) is 24.5 Å². The van der Waals surface area contributed by atoms with Crippen LogP contribution in [-0.4, -0.2) is 62.3 Å². The maximum absolute atomic E-state index is 12.9. The molecule has 1 amide bonds. The van der Waals surface area contributed by atoms with Crippen molar-refractivity contribution in [3.63, 3.8) is 0 Å². The van der Waals surface area contributed by atoms with Gasteiger partial charge in [-0.15, -0.1) is 0 Å². The highest BCUT2D eigenvalue weighted by Gasteiger charge is 2.30. The maximum Gasteiger partial charge on any atom is 0.252 e. The fourth-order valence-corrected chi connectivity index (χ4v) is 5.52. The Bertz CT molecular complexity index is 1090. The molecule has 0 bridgehead atoms. The van der Waals surface area contributed by atoms with Crippen molar-refractivity contribution in [2.75, 3.05) is 20.1 Å². The molecule has 8 heteroatoms. The summed E-state index contributed by atoms with van der Waals surface area (Å²) in [5.41, 5.74) is 3.69. The van der Waals surface area contributed by atoms with Crippen LogP contribution in [0.1, 0.15) is 29.9 Å². The molecule has 0 aliphatic carbocycles. The number of carbonyl (C=O) groups is 1. The van der Waals surface area contributed by atoms with E-state index in [4.69, 9.17) is 9.84 Å². The van der Waals surface area contributed by atoms with E-state index in [1.807, 2.05) is 42.9 Å². The van der Waals surface area contributed by atoms with E-state index in [0.717, 1.165) is 59.6 Å². The highest BCUT2D eigenvalue weighted by atomic mass is 31.1. The molecule has 2 unspecified atom stereocenters. The van der Waals surface area contributed by atoms with Gasteiger partial charge < -0.3 is 14.5 Å². The summed E-state index contributed by atoms with van der Waals surface area (Å²) in [5, 5.41) is 5.69. The minimum Gasteiger partial charge on any atom is -0.489 e. The van der Waals surface area contributed by atoms with E-state index in [-0.39, 0.29) is 17.8 Å². The number of rotatable bonds is 3. The first kappa shape index (κ1) is 19.5. The number of allylic oxidation sites excluding steroid dienone is 1. The molecular formula is C22H26N5O2P. The molecule has 0 spiro atoms. The lowest BCUT2D eigenvalue weighted by atomic mass is 10.1. The first-order chi connectivity index (χ1) is 14.5. The smallest absolute Gasteiger partial charge is 0.252 e. The van der Waals surface area contributed by atoms with E-state index in [2.05, 4.69) is 23.0 Å². The van der Waals surface area contributed by atoms with Crippen molar-refractivity contribution in [1.82, 2.24) is 24.4 Å². The van der Waals surface area contributed by atoms with E-state index in [9.17, 15) is 4.79 Å². The number of hydrogen-bond acceptors (Lipinski definition) is 5. The Balaban J connectivity index is 1.36. The molecule has 2 aromatic heterocycles. The van der Waals surface area contributed by atoms with Gasteiger partial charge in [-0.05, 0) is 45.9 Å². The number of likely N-dealkylation sites (tertiary alicyclic amines) is 1. The Hall–Kier alpha value is -2.50. The second-order valence-electron chi connectivity index (χ2n) is 8.23. The van der Waals surface area contributed by atoms with Crippen molar-refractivity contribution >= 4 is 25.3 Å². The number of aryl methyl sites for hydroxylation is 2. The number of aromatic nitrogens is 3. The molecule has 2 aromatic rings. The van der Waals surface area contributed by atoms with Crippen LogP contribution in [0.5, 0.6) is 0 Å². The van der Waals surface area contributed by atoms with Crippen LogP contribution < -0.4 is 0 Å². The third-order valence-electron chi connectivity index (χ3n) is 5.84. The van der Waals surface area contributed by atoms with Gasteiger partial charge in [-0.2, -0.15) is 5.10 Å². The minimum atomic E-state index is -0.0225. The molecule has 7 nitrogen and oxygen atoms in total. The van der Waals surface area contributed by atoms with Crippen LogP contribution in [-0.2, 0) is 9.53 Å². The highest BCUT2D eigenvalue weighted by Crippen LogP contribution is 2.44. The van der Waals surface area contributed by atoms with E-state index < -0.39 is 0 Å². The molecule has 156 valence electrons. The van der Waals surface area contributed by atoms with E-state index in [1.54, 1.807) is 11.0 Å². The number of nitrogens with zero attached hydrogens (tertiary/aromatic N) is 5. The van der Waals surface area contributed by atoms with Crippen LogP contribution in [0.2, 0.25) is 0 Å². The second kappa shape index (κ2) is 7.64. The normalized spacial score (nSPS) is 23.6. The van der Waals surface area contributed by atoms with E-state index in [0.29, 0.717) is 8.58 Å². The van der Waals surface area contributed by atoms with Crippen molar-refractivity contribution in [3.05, 3.63) is 59.5 Å². The summed E-state index contributed by atoms with van der Waals surface area (Å²) in [6.45, 7) is 6.04. The molecule has 1 saturated heterocycles. The molecule has 0 saturated carbocycles. The van der Waals surface area contributed by atoms with E-state index in [1.165, 1.54) is 0 Å². The Labute approximate surface area is 177 Å². The van der Waals surface area contributed by atoms with Gasteiger partial charge in [0.25, 0.3) is 5.91 Å². The Morgan fingerprint density at radius 3 is 2.83 bits per heavy atom. The van der Waals surface area contributed by atoms with Crippen molar-refractivity contribution in [3.8, 4) is 0 Å². The zero-order valence-corrected chi connectivity index (χ0v) is 18.5. The average molecular weight is 423 g/mol. The van der Waals surface area contributed by atoms with Gasteiger partial charge in [-0.3, -0.25) is 9.78 Å². The minimum absolute atomic E-state index is 0.0214. The topological polar surface area (TPSA) is 63.0 Å². The van der Waals surface area contributed by atoms with Crippen molar-refractivity contribution < 1.29 is 9.53 Å². The zero-order chi connectivity index (χ0) is 20.8. The first-order valence-corrected chi connectivity index (χ1v) is 11.4. The third kappa shape index (κ3) is 3.68. The Morgan fingerprint density at radius 1 is 1.23 bits per heavy atom. The van der Waals surface area contributed by atoms with Crippen LogP contribution in [0.3, 0.4) is 0 Å². The number of amides is 1. The van der Waals surface area contributed by atoms with E-state index >= 15 is 0 Å². The lowest BCUT2D eigenvalue weighted by molar-refractivity contribution is -0.124. The lowest BCUT2D eigenvalue weighted by Gasteiger charge is -2.35. The summed E-state index contributed by atoms with van der Waals surface area (Å²) < 4.78 is 8.03. The second-order valence-corrected chi connectivity index (χ2v) is 9.65. The first-order valence-electron chi connectivity index (χ1n) is 10.4. The SMILES string of the molecule is Cc1cn2nc(C3=CC(=O)N4C=C(OC5CCN(C)CC5)C=CC4P3)cc2c(C)n1. The fraction of sp³-hybridized carbons (Fsp3) is 0.409. The quantitative estimate of drug-likeness (QED) is 0.710. The molecule has 5 heterocycles. The third-order valence-corrected chi connectivity index (χ3v) is 7.32. The van der Waals surface area contributed by atoms with Gasteiger partial charge in [-0.1, -0.05) is 14.7 Å². The highest BCUT2D eigenvalue weighted by molar-refractivity contribution is 7.51. The molecule has 5 rings (SSSR count). The molecule has 2 atom stereocenters. The maximum atomic E-state index is 12.9. The van der Waals surface area contributed by atoms with Crippen LogP contribution >= 0.6 is 8.58 Å². The monoisotopic (exact) mass is 423 g/mol. The van der Waals surface area contributed by atoms with Crippen molar-refractivity contribution in [2.45, 2.75) is 38.6 Å². The van der Waals surface area contributed by atoms with Crippen molar-refractivity contribution in [2.24, 2.45) is 0 Å². The predicted octanol–water partition coefficient (Wildman–Crippen LogP) is 3.06. The largest absolute Gasteiger partial charge is 0.489 e. The van der Waals surface area contributed by atoms with Crippen LogP contribution in [0.4, 0.5) is 0 Å². The fourth-order valence-electron chi connectivity index (χ4n) is 4.19. The van der Waals surface area contributed by atoms with Gasteiger partial charge in [0.15, 0.2) is 0 Å². The molecule has 30 heavy (non-hydrogen) atoms. The number of piperidine rings is 1. The molecule has 1 fully saturated rings. The van der Waals surface area contributed by atoms with Crippen LogP contribution in [0.25, 0.3) is 10.8 Å². The number of carbonyl (C=O) groups excluding carboxylic acids is 1. The van der Waals surface area contributed by atoms with Gasteiger partial charge in [0.2, 0.25) is 0 Å².